The Morgan fingerprint density at radius 1 is 0.857 bits per heavy atom. The Kier molecular flexibility index (Phi) is 4.16. The van der Waals surface area contributed by atoms with Crippen LogP contribution in [-0.4, -0.2) is 5.11 Å². The number of hydrogen-bond donors (Lipinski definition) is 1. The summed E-state index contributed by atoms with van der Waals surface area (Å²) in [6, 6.07) is 19.6. The number of benzene rings is 3. The lowest BCUT2D eigenvalue weighted by atomic mass is 9.98. The lowest BCUT2D eigenvalue weighted by Crippen LogP contribution is -2.02. The molecule has 0 radical (unpaired) electrons. The van der Waals surface area contributed by atoms with Gasteiger partial charge in [-0.1, -0.05) is 71.7 Å². The van der Waals surface area contributed by atoms with Gasteiger partial charge in [-0.2, -0.15) is 0 Å². The molecule has 0 spiro atoms. The van der Waals surface area contributed by atoms with E-state index in [0.29, 0.717) is 16.5 Å². The molecule has 0 heterocycles. The van der Waals surface area contributed by atoms with Gasteiger partial charge in [0.2, 0.25) is 0 Å². The first-order valence-corrected chi connectivity index (χ1v) is 7.50. The number of rotatable bonds is 3. The molecular weight excluding hydrogens is 303 g/mol. The van der Waals surface area contributed by atoms with E-state index in [9.17, 15) is 5.11 Å². The summed E-state index contributed by atoms with van der Waals surface area (Å²) in [6.45, 7) is 0. The van der Waals surface area contributed by atoms with Crippen molar-refractivity contribution in [2.45, 2.75) is 12.5 Å². The van der Waals surface area contributed by atoms with Crippen LogP contribution in [0.3, 0.4) is 0 Å². The zero-order valence-electron chi connectivity index (χ0n) is 11.3. The second kappa shape index (κ2) is 6.07. The third-order valence-corrected chi connectivity index (χ3v) is 4.46. The van der Waals surface area contributed by atoms with E-state index in [1.165, 1.54) is 0 Å². The average molecular weight is 317 g/mol. The van der Waals surface area contributed by atoms with E-state index in [-0.39, 0.29) is 0 Å². The van der Waals surface area contributed by atoms with Crippen LogP contribution in [0.15, 0.2) is 60.7 Å². The molecule has 0 aromatic heterocycles. The summed E-state index contributed by atoms with van der Waals surface area (Å²) < 4.78 is 0. The van der Waals surface area contributed by atoms with Crippen LogP contribution in [-0.2, 0) is 6.42 Å². The van der Waals surface area contributed by atoms with Gasteiger partial charge in [0, 0.05) is 6.42 Å². The molecule has 21 heavy (non-hydrogen) atoms. The average Bonchev–Trinajstić information content (AvgIpc) is 2.51. The molecule has 3 rings (SSSR count). The predicted octanol–water partition coefficient (Wildman–Crippen LogP) is 5.42. The van der Waals surface area contributed by atoms with Crippen LogP contribution in [0.2, 0.25) is 10.0 Å². The molecule has 106 valence electrons. The van der Waals surface area contributed by atoms with Crippen molar-refractivity contribution in [2.75, 3.05) is 0 Å². The Bertz CT molecular complexity index is 783. The first kappa shape index (κ1) is 14.4. The summed E-state index contributed by atoms with van der Waals surface area (Å²) in [4.78, 5) is 0. The van der Waals surface area contributed by atoms with Crippen LogP contribution >= 0.6 is 23.2 Å². The molecule has 3 heteroatoms. The molecule has 0 amide bonds. The second-order valence-corrected chi connectivity index (χ2v) is 5.82. The highest BCUT2D eigenvalue weighted by Crippen LogP contribution is 2.30. The summed E-state index contributed by atoms with van der Waals surface area (Å²) in [5, 5.41) is 13.8. The van der Waals surface area contributed by atoms with E-state index in [1.807, 2.05) is 48.5 Å². The van der Waals surface area contributed by atoms with E-state index in [2.05, 4.69) is 6.07 Å². The van der Waals surface area contributed by atoms with Crippen molar-refractivity contribution in [2.24, 2.45) is 0 Å². The molecule has 0 bridgehead atoms. The van der Waals surface area contributed by atoms with Crippen LogP contribution in [0, 0.1) is 0 Å². The maximum atomic E-state index is 10.4. The van der Waals surface area contributed by atoms with Crippen molar-refractivity contribution >= 4 is 34.0 Å². The van der Waals surface area contributed by atoms with E-state index in [4.69, 9.17) is 23.2 Å². The SMILES string of the molecule is OC(Cc1cccc(Cl)c1Cl)c1ccc2ccccc2c1. The molecule has 0 aliphatic heterocycles. The topological polar surface area (TPSA) is 20.2 Å². The summed E-state index contributed by atoms with van der Waals surface area (Å²) in [7, 11) is 0. The summed E-state index contributed by atoms with van der Waals surface area (Å²) in [5.74, 6) is 0. The fourth-order valence-electron chi connectivity index (χ4n) is 2.45. The Morgan fingerprint density at radius 2 is 1.62 bits per heavy atom. The van der Waals surface area contributed by atoms with Gasteiger partial charge in [0.1, 0.15) is 0 Å². The van der Waals surface area contributed by atoms with Crippen molar-refractivity contribution in [1.29, 1.82) is 0 Å². The molecule has 0 aliphatic rings. The molecule has 3 aromatic carbocycles. The molecule has 1 nitrogen and oxygen atoms in total. The van der Waals surface area contributed by atoms with Gasteiger partial charge in [-0.3, -0.25) is 0 Å². The summed E-state index contributed by atoms with van der Waals surface area (Å²) in [5.41, 5.74) is 1.73. The lowest BCUT2D eigenvalue weighted by molar-refractivity contribution is 0.178. The van der Waals surface area contributed by atoms with Gasteiger partial charge in [-0.25, -0.2) is 0 Å². The lowest BCUT2D eigenvalue weighted by Gasteiger charge is -2.13. The van der Waals surface area contributed by atoms with Crippen molar-refractivity contribution in [1.82, 2.24) is 0 Å². The van der Waals surface area contributed by atoms with Gasteiger partial charge < -0.3 is 5.11 Å². The minimum atomic E-state index is -0.606. The van der Waals surface area contributed by atoms with Crippen molar-refractivity contribution in [3.05, 3.63) is 81.8 Å². The highest BCUT2D eigenvalue weighted by atomic mass is 35.5. The second-order valence-electron chi connectivity index (χ2n) is 5.04. The van der Waals surface area contributed by atoms with Gasteiger partial charge in [0.05, 0.1) is 16.1 Å². The first-order valence-electron chi connectivity index (χ1n) is 6.75. The number of aliphatic hydroxyl groups excluding tert-OH is 1. The largest absolute Gasteiger partial charge is 0.388 e. The number of hydrogen-bond acceptors (Lipinski definition) is 1. The van der Waals surface area contributed by atoms with Crippen LogP contribution in [0.1, 0.15) is 17.2 Å². The Balaban J connectivity index is 1.89. The minimum Gasteiger partial charge on any atom is -0.388 e. The zero-order valence-corrected chi connectivity index (χ0v) is 12.8. The quantitative estimate of drug-likeness (QED) is 0.683. The maximum Gasteiger partial charge on any atom is 0.0831 e. The third-order valence-electron chi connectivity index (χ3n) is 3.60. The summed E-state index contributed by atoms with van der Waals surface area (Å²) in [6.07, 6.45) is -0.164. The van der Waals surface area contributed by atoms with Crippen molar-refractivity contribution < 1.29 is 5.11 Å². The number of halogens is 2. The molecule has 1 N–H and O–H groups in total. The van der Waals surface area contributed by atoms with Crippen LogP contribution < -0.4 is 0 Å². The predicted molar refractivity (Wildman–Crippen MR) is 89.1 cm³/mol. The van der Waals surface area contributed by atoms with Crippen molar-refractivity contribution in [3.8, 4) is 0 Å². The maximum absolute atomic E-state index is 10.4. The Morgan fingerprint density at radius 3 is 2.43 bits per heavy atom. The van der Waals surface area contributed by atoms with Gasteiger partial charge in [0.25, 0.3) is 0 Å². The Hall–Kier alpha value is -1.54. The zero-order chi connectivity index (χ0) is 14.8. The molecule has 0 fully saturated rings. The smallest absolute Gasteiger partial charge is 0.0831 e. The number of fused-ring (bicyclic) bond motifs is 1. The van der Waals surface area contributed by atoms with Crippen LogP contribution in [0.25, 0.3) is 10.8 Å². The van der Waals surface area contributed by atoms with E-state index < -0.39 is 6.10 Å². The van der Waals surface area contributed by atoms with Crippen LogP contribution in [0.5, 0.6) is 0 Å². The molecule has 3 aromatic rings. The van der Waals surface area contributed by atoms with E-state index >= 15 is 0 Å². The number of aliphatic hydroxyl groups is 1. The molecule has 1 atom stereocenters. The highest BCUT2D eigenvalue weighted by molar-refractivity contribution is 6.42. The van der Waals surface area contributed by atoms with Crippen molar-refractivity contribution in [3.63, 3.8) is 0 Å². The minimum absolute atomic E-state index is 0.442. The van der Waals surface area contributed by atoms with Gasteiger partial charge in [-0.05, 0) is 34.0 Å². The molecule has 1 unspecified atom stereocenters. The van der Waals surface area contributed by atoms with Gasteiger partial charge in [0.15, 0.2) is 0 Å². The van der Waals surface area contributed by atoms with E-state index in [0.717, 1.165) is 21.9 Å². The molecule has 0 aliphatic carbocycles. The van der Waals surface area contributed by atoms with Gasteiger partial charge >= 0.3 is 0 Å². The van der Waals surface area contributed by atoms with Crippen LogP contribution in [0.4, 0.5) is 0 Å². The van der Waals surface area contributed by atoms with E-state index in [1.54, 1.807) is 6.07 Å². The fraction of sp³-hybridized carbons (Fsp3) is 0.111. The molecular formula is C18H14Cl2O. The fourth-order valence-corrected chi connectivity index (χ4v) is 2.84. The van der Waals surface area contributed by atoms with Gasteiger partial charge in [-0.15, -0.1) is 0 Å². The normalized spacial score (nSPS) is 12.5. The monoisotopic (exact) mass is 316 g/mol. The Labute approximate surface area is 133 Å². The standard InChI is InChI=1S/C18H14Cl2O/c19-16-7-3-6-15(18(16)20)11-17(21)14-9-8-12-4-1-2-5-13(12)10-14/h1-10,17,21H,11H2. The summed E-state index contributed by atoms with van der Waals surface area (Å²) >= 11 is 12.2. The molecule has 0 saturated carbocycles. The molecule has 0 saturated heterocycles. The highest BCUT2D eigenvalue weighted by Gasteiger charge is 2.12. The first-order chi connectivity index (χ1) is 10.1. The third kappa shape index (κ3) is 3.06.